The van der Waals surface area contributed by atoms with Crippen molar-refractivity contribution in [1.82, 2.24) is 5.32 Å². The Kier molecular flexibility index (Phi) is 7.21. The third-order valence-corrected chi connectivity index (χ3v) is 4.15. The van der Waals surface area contributed by atoms with Crippen LogP contribution in [-0.2, 0) is 6.54 Å². The molecule has 0 saturated heterocycles. The fraction of sp³-hybridized carbons (Fsp3) is 0.333. The Morgan fingerprint density at radius 2 is 2.31 bits per heavy atom. The van der Waals surface area contributed by atoms with Crippen molar-refractivity contribution in [1.29, 1.82) is 0 Å². The molecule has 0 fully saturated rings. The number of halogens is 2. The largest absolute Gasteiger partial charge is 0.312 e. The zero-order valence-electron chi connectivity index (χ0n) is 9.01. The second kappa shape index (κ2) is 8.18. The molecule has 0 aromatic heterocycles. The van der Waals surface area contributed by atoms with Crippen molar-refractivity contribution in [3.05, 3.63) is 45.9 Å². The average Bonchev–Trinajstić information content (AvgIpc) is 2.28. The van der Waals surface area contributed by atoms with E-state index in [-0.39, 0.29) is 0 Å². The minimum atomic E-state index is 0.755. The highest BCUT2D eigenvalue weighted by molar-refractivity contribution is 9.10. The van der Waals surface area contributed by atoms with Crippen LogP contribution >= 0.6 is 39.3 Å². The van der Waals surface area contributed by atoms with E-state index < -0.39 is 0 Å². The third-order valence-electron chi connectivity index (χ3n) is 1.97. The maximum Gasteiger partial charge on any atom is 0.0548 e. The molecule has 88 valence electrons. The average molecular weight is 321 g/mol. The lowest BCUT2D eigenvalue weighted by Crippen LogP contribution is -2.16. The summed E-state index contributed by atoms with van der Waals surface area (Å²) in [6, 6.07) is 6.00. The van der Waals surface area contributed by atoms with Crippen LogP contribution in [0.2, 0.25) is 5.02 Å². The highest BCUT2D eigenvalue weighted by Gasteiger charge is 1.98. The second-order valence-corrected chi connectivity index (χ2v) is 5.70. The van der Waals surface area contributed by atoms with Gasteiger partial charge in [-0.3, -0.25) is 0 Å². The maximum atomic E-state index is 5.92. The molecule has 16 heavy (non-hydrogen) atoms. The smallest absolute Gasteiger partial charge is 0.0548 e. The van der Waals surface area contributed by atoms with Crippen LogP contribution < -0.4 is 5.32 Å². The van der Waals surface area contributed by atoms with Gasteiger partial charge in [0.25, 0.3) is 0 Å². The lowest BCUT2D eigenvalue weighted by Gasteiger charge is -2.05. The van der Waals surface area contributed by atoms with E-state index in [0.717, 1.165) is 34.1 Å². The molecule has 0 bridgehead atoms. The Balaban J connectivity index is 2.21. The summed E-state index contributed by atoms with van der Waals surface area (Å²) in [4.78, 5) is 0. The van der Waals surface area contributed by atoms with E-state index in [4.69, 9.17) is 11.6 Å². The van der Waals surface area contributed by atoms with Gasteiger partial charge in [-0.2, -0.15) is 11.8 Å². The Bertz CT molecular complexity index is 344. The summed E-state index contributed by atoms with van der Waals surface area (Å²) in [5.74, 6) is 2.13. The molecule has 0 spiro atoms. The Morgan fingerprint density at radius 1 is 1.50 bits per heavy atom. The van der Waals surface area contributed by atoms with Crippen LogP contribution in [0, 0.1) is 0 Å². The molecule has 0 aliphatic rings. The van der Waals surface area contributed by atoms with Crippen LogP contribution in [0.5, 0.6) is 0 Å². The number of hydrogen-bond donors (Lipinski definition) is 1. The van der Waals surface area contributed by atoms with Gasteiger partial charge < -0.3 is 5.32 Å². The molecule has 0 atom stereocenters. The van der Waals surface area contributed by atoms with Gasteiger partial charge in [-0.25, -0.2) is 0 Å². The van der Waals surface area contributed by atoms with Crippen molar-refractivity contribution >= 4 is 39.3 Å². The highest BCUT2D eigenvalue weighted by atomic mass is 79.9. The Labute approximate surface area is 115 Å². The summed E-state index contributed by atoms with van der Waals surface area (Å²) in [5.41, 5.74) is 1.24. The minimum Gasteiger partial charge on any atom is -0.312 e. The minimum absolute atomic E-state index is 0.755. The van der Waals surface area contributed by atoms with Crippen LogP contribution in [0.1, 0.15) is 5.56 Å². The number of thioether (sulfide) groups is 1. The van der Waals surface area contributed by atoms with E-state index >= 15 is 0 Å². The standard InChI is InChI=1S/C12H15BrClNS/c1-2-6-16-7-5-15-9-10-3-4-12(14)11(13)8-10/h2-4,8,15H,1,5-7,9H2. The zero-order valence-corrected chi connectivity index (χ0v) is 12.2. The molecule has 1 aromatic carbocycles. The third kappa shape index (κ3) is 5.39. The first-order valence-electron chi connectivity index (χ1n) is 5.07. The second-order valence-electron chi connectivity index (χ2n) is 3.29. The monoisotopic (exact) mass is 319 g/mol. The molecule has 0 aliphatic carbocycles. The van der Waals surface area contributed by atoms with Crippen molar-refractivity contribution in [3.8, 4) is 0 Å². The van der Waals surface area contributed by atoms with Gasteiger partial charge in [0.1, 0.15) is 0 Å². The summed E-state index contributed by atoms with van der Waals surface area (Å²) in [7, 11) is 0. The molecular weight excluding hydrogens is 306 g/mol. The van der Waals surface area contributed by atoms with E-state index in [0.29, 0.717) is 0 Å². The van der Waals surface area contributed by atoms with Crippen molar-refractivity contribution < 1.29 is 0 Å². The Morgan fingerprint density at radius 3 is 3.00 bits per heavy atom. The van der Waals surface area contributed by atoms with Gasteiger partial charge in [0.05, 0.1) is 5.02 Å². The predicted molar refractivity (Wildman–Crippen MR) is 78.4 cm³/mol. The molecule has 0 aliphatic heterocycles. The molecule has 0 amide bonds. The molecule has 1 aromatic rings. The van der Waals surface area contributed by atoms with Gasteiger partial charge in [-0.05, 0) is 33.6 Å². The lowest BCUT2D eigenvalue weighted by atomic mass is 10.2. The SMILES string of the molecule is C=CCSCCNCc1ccc(Cl)c(Br)c1. The van der Waals surface area contributed by atoms with Crippen LogP contribution in [0.4, 0.5) is 0 Å². The quantitative estimate of drug-likeness (QED) is 0.599. The van der Waals surface area contributed by atoms with Gasteiger partial charge in [0.15, 0.2) is 0 Å². The molecule has 0 saturated carbocycles. The van der Waals surface area contributed by atoms with Crippen LogP contribution in [-0.4, -0.2) is 18.1 Å². The van der Waals surface area contributed by atoms with Crippen LogP contribution in [0.25, 0.3) is 0 Å². The number of rotatable bonds is 7. The van der Waals surface area contributed by atoms with E-state index in [1.807, 2.05) is 36.0 Å². The highest BCUT2D eigenvalue weighted by Crippen LogP contribution is 2.22. The summed E-state index contributed by atoms with van der Waals surface area (Å²) in [6.07, 6.45) is 1.93. The molecule has 1 N–H and O–H groups in total. The van der Waals surface area contributed by atoms with E-state index in [2.05, 4.69) is 27.8 Å². The van der Waals surface area contributed by atoms with E-state index in [9.17, 15) is 0 Å². The van der Waals surface area contributed by atoms with Gasteiger partial charge in [-0.1, -0.05) is 23.7 Å². The van der Waals surface area contributed by atoms with E-state index in [1.54, 1.807) is 0 Å². The summed E-state index contributed by atoms with van der Waals surface area (Å²) < 4.78 is 0.953. The molecule has 1 nitrogen and oxygen atoms in total. The van der Waals surface area contributed by atoms with Gasteiger partial charge in [-0.15, -0.1) is 6.58 Å². The lowest BCUT2D eigenvalue weighted by molar-refractivity contribution is 0.732. The zero-order chi connectivity index (χ0) is 11.8. The molecule has 1 rings (SSSR count). The molecular formula is C12H15BrClNS. The summed E-state index contributed by atoms with van der Waals surface area (Å²) >= 11 is 11.2. The molecule has 0 radical (unpaired) electrons. The maximum absolute atomic E-state index is 5.92. The fourth-order valence-electron chi connectivity index (χ4n) is 1.19. The normalized spacial score (nSPS) is 10.4. The summed E-state index contributed by atoms with van der Waals surface area (Å²) in [6.45, 7) is 5.58. The van der Waals surface area contributed by atoms with Gasteiger partial charge >= 0.3 is 0 Å². The first-order chi connectivity index (χ1) is 7.74. The van der Waals surface area contributed by atoms with E-state index in [1.165, 1.54) is 5.56 Å². The van der Waals surface area contributed by atoms with Crippen molar-refractivity contribution in [2.45, 2.75) is 6.54 Å². The first kappa shape index (κ1) is 14.1. The number of nitrogens with one attached hydrogen (secondary N) is 1. The van der Waals surface area contributed by atoms with Crippen LogP contribution in [0.15, 0.2) is 35.3 Å². The molecule has 4 heteroatoms. The Hall–Kier alpha value is 0.0400. The number of benzene rings is 1. The predicted octanol–water partition coefficient (Wildman–Crippen LogP) is 4.11. The van der Waals surface area contributed by atoms with Crippen LogP contribution in [0.3, 0.4) is 0 Å². The van der Waals surface area contributed by atoms with Crippen molar-refractivity contribution in [2.24, 2.45) is 0 Å². The van der Waals surface area contributed by atoms with Crippen molar-refractivity contribution in [3.63, 3.8) is 0 Å². The number of hydrogen-bond acceptors (Lipinski definition) is 2. The first-order valence-corrected chi connectivity index (χ1v) is 7.40. The molecule has 0 unspecified atom stereocenters. The van der Waals surface area contributed by atoms with Gasteiger partial charge in [0.2, 0.25) is 0 Å². The van der Waals surface area contributed by atoms with Crippen molar-refractivity contribution in [2.75, 3.05) is 18.1 Å². The fourth-order valence-corrected chi connectivity index (χ4v) is 2.36. The molecule has 0 heterocycles. The topological polar surface area (TPSA) is 12.0 Å². The van der Waals surface area contributed by atoms with Gasteiger partial charge in [0, 0.05) is 29.1 Å². The summed E-state index contributed by atoms with van der Waals surface area (Å²) in [5, 5.41) is 4.14.